The van der Waals surface area contributed by atoms with Crippen LogP contribution in [0.2, 0.25) is 0 Å². The lowest BCUT2D eigenvalue weighted by Crippen LogP contribution is -2.10. The second-order valence-electron chi connectivity index (χ2n) is 4.81. The van der Waals surface area contributed by atoms with E-state index in [1.165, 1.54) is 22.3 Å². The highest BCUT2D eigenvalue weighted by atomic mass is 16.5. The second-order valence-corrected chi connectivity index (χ2v) is 4.81. The van der Waals surface area contributed by atoms with Crippen LogP contribution in [0.1, 0.15) is 36.1 Å². The molecule has 1 heteroatoms. The normalized spacial score (nSPS) is 17.7. The first-order valence-corrected chi connectivity index (χ1v) is 6.85. The van der Waals surface area contributed by atoms with Crippen molar-refractivity contribution in [2.24, 2.45) is 0 Å². The molecule has 1 nitrogen and oxygen atoms in total. The monoisotopic (exact) mass is 250 g/mol. The van der Waals surface area contributed by atoms with E-state index in [1.807, 2.05) is 0 Å². The first-order valence-electron chi connectivity index (χ1n) is 6.85. The summed E-state index contributed by atoms with van der Waals surface area (Å²) in [5.41, 5.74) is 5.24. The van der Waals surface area contributed by atoms with Crippen molar-refractivity contribution in [3.05, 3.63) is 71.3 Å². The third kappa shape index (κ3) is 2.47. The highest BCUT2D eigenvalue weighted by molar-refractivity contribution is 5.84. The van der Waals surface area contributed by atoms with Crippen molar-refractivity contribution in [1.29, 1.82) is 0 Å². The molecule has 0 fully saturated rings. The van der Waals surface area contributed by atoms with Gasteiger partial charge in [0.05, 0.1) is 6.10 Å². The minimum atomic E-state index is 0.182. The molecule has 0 radical (unpaired) electrons. The van der Waals surface area contributed by atoms with Gasteiger partial charge < -0.3 is 4.74 Å². The van der Waals surface area contributed by atoms with Gasteiger partial charge >= 0.3 is 0 Å². The molecule has 0 bridgehead atoms. The second kappa shape index (κ2) is 5.41. The zero-order valence-corrected chi connectivity index (χ0v) is 11.2. The quantitative estimate of drug-likeness (QED) is 0.766. The Balaban J connectivity index is 2.03. The number of hydrogen-bond donors (Lipinski definition) is 0. The molecule has 0 saturated carbocycles. The molecule has 1 aliphatic carbocycles. The lowest BCUT2D eigenvalue weighted by atomic mass is 9.86. The summed E-state index contributed by atoms with van der Waals surface area (Å²) in [4.78, 5) is 0. The summed E-state index contributed by atoms with van der Waals surface area (Å²) < 4.78 is 5.92. The van der Waals surface area contributed by atoms with Gasteiger partial charge in [-0.25, -0.2) is 0 Å². The molecule has 0 aliphatic heterocycles. The van der Waals surface area contributed by atoms with Crippen molar-refractivity contribution in [3.8, 4) is 0 Å². The van der Waals surface area contributed by atoms with Gasteiger partial charge in [-0.3, -0.25) is 0 Å². The van der Waals surface area contributed by atoms with Crippen LogP contribution in [-0.4, -0.2) is 6.61 Å². The fraction of sp³-hybridized carbons (Fsp3) is 0.222. The van der Waals surface area contributed by atoms with Crippen LogP contribution in [0.3, 0.4) is 0 Å². The fourth-order valence-electron chi connectivity index (χ4n) is 2.70. The molecule has 1 unspecified atom stereocenters. The maximum absolute atomic E-state index is 5.92. The van der Waals surface area contributed by atoms with Crippen molar-refractivity contribution in [3.63, 3.8) is 0 Å². The van der Waals surface area contributed by atoms with Gasteiger partial charge in [-0.15, -0.1) is 0 Å². The Labute approximate surface area is 114 Å². The molecule has 1 aliphatic rings. The standard InChI is InChI=1S/C18H18O/c1-2-19-18-13-16(14-8-4-3-5-9-14)12-15-10-6-7-11-17(15)18/h3-12,18H,2,13H2,1H3. The summed E-state index contributed by atoms with van der Waals surface area (Å²) in [5.74, 6) is 0. The summed E-state index contributed by atoms with van der Waals surface area (Å²) in [7, 11) is 0. The number of hydrogen-bond acceptors (Lipinski definition) is 1. The zero-order chi connectivity index (χ0) is 13.1. The molecule has 3 rings (SSSR count). The minimum absolute atomic E-state index is 0.182. The van der Waals surface area contributed by atoms with Crippen LogP contribution < -0.4 is 0 Å². The predicted octanol–water partition coefficient (Wildman–Crippen LogP) is 4.71. The Morgan fingerprint density at radius 2 is 1.74 bits per heavy atom. The summed E-state index contributed by atoms with van der Waals surface area (Å²) >= 11 is 0. The van der Waals surface area contributed by atoms with E-state index in [-0.39, 0.29) is 6.10 Å². The van der Waals surface area contributed by atoms with Crippen LogP contribution in [0.4, 0.5) is 0 Å². The van der Waals surface area contributed by atoms with Crippen molar-refractivity contribution < 1.29 is 4.74 Å². The third-order valence-corrected chi connectivity index (χ3v) is 3.59. The number of benzene rings is 2. The maximum atomic E-state index is 5.92. The van der Waals surface area contributed by atoms with E-state index in [0.717, 1.165) is 13.0 Å². The van der Waals surface area contributed by atoms with Crippen LogP contribution in [0.5, 0.6) is 0 Å². The molecule has 0 amide bonds. The maximum Gasteiger partial charge on any atom is 0.0871 e. The van der Waals surface area contributed by atoms with E-state index in [4.69, 9.17) is 4.74 Å². The summed E-state index contributed by atoms with van der Waals surface area (Å²) in [6, 6.07) is 19.1. The van der Waals surface area contributed by atoms with E-state index < -0.39 is 0 Å². The molecule has 2 aromatic carbocycles. The number of ether oxygens (including phenoxy) is 1. The Hall–Kier alpha value is -1.86. The van der Waals surface area contributed by atoms with E-state index in [1.54, 1.807) is 0 Å². The average Bonchev–Trinajstić information content (AvgIpc) is 2.48. The van der Waals surface area contributed by atoms with Gasteiger partial charge in [-0.05, 0) is 29.2 Å². The topological polar surface area (TPSA) is 9.23 Å². The summed E-state index contributed by atoms with van der Waals surface area (Å²) in [6.45, 7) is 2.81. The molecule has 19 heavy (non-hydrogen) atoms. The lowest BCUT2D eigenvalue weighted by Gasteiger charge is -2.25. The predicted molar refractivity (Wildman–Crippen MR) is 79.7 cm³/mol. The van der Waals surface area contributed by atoms with Gasteiger partial charge in [0, 0.05) is 13.0 Å². The first kappa shape index (κ1) is 12.2. The summed E-state index contributed by atoms with van der Waals surface area (Å²) in [6.07, 6.45) is 3.43. The van der Waals surface area contributed by atoms with Gasteiger partial charge in [-0.1, -0.05) is 60.7 Å². The fourth-order valence-corrected chi connectivity index (χ4v) is 2.70. The molecular weight excluding hydrogens is 232 g/mol. The lowest BCUT2D eigenvalue weighted by molar-refractivity contribution is 0.0656. The van der Waals surface area contributed by atoms with Crippen molar-refractivity contribution in [1.82, 2.24) is 0 Å². The minimum Gasteiger partial charge on any atom is -0.373 e. The van der Waals surface area contributed by atoms with Crippen molar-refractivity contribution in [2.45, 2.75) is 19.4 Å². The largest absolute Gasteiger partial charge is 0.373 e. The molecular formula is C18H18O. The molecule has 0 saturated heterocycles. The van der Waals surface area contributed by atoms with E-state index in [0.29, 0.717) is 0 Å². The Morgan fingerprint density at radius 3 is 2.53 bits per heavy atom. The Morgan fingerprint density at radius 1 is 1.00 bits per heavy atom. The Kier molecular flexibility index (Phi) is 3.47. The molecule has 1 atom stereocenters. The smallest absolute Gasteiger partial charge is 0.0871 e. The van der Waals surface area contributed by atoms with Crippen LogP contribution in [0.25, 0.3) is 11.6 Å². The molecule has 2 aromatic rings. The van der Waals surface area contributed by atoms with Gasteiger partial charge in [-0.2, -0.15) is 0 Å². The van der Waals surface area contributed by atoms with Gasteiger partial charge in [0.2, 0.25) is 0 Å². The van der Waals surface area contributed by atoms with Gasteiger partial charge in [0.15, 0.2) is 0 Å². The number of rotatable bonds is 3. The zero-order valence-electron chi connectivity index (χ0n) is 11.2. The molecule has 0 aromatic heterocycles. The highest BCUT2D eigenvalue weighted by Gasteiger charge is 2.21. The van der Waals surface area contributed by atoms with Crippen molar-refractivity contribution >= 4 is 11.6 Å². The Bertz CT molecular complexity index is 584. The van der Waals surface area contributed by atoms with E-state index in [9.17, 15) is 0 Å². The van der Waals surface area contributed by atoms with Gasteiger partial charge in [0.25, 0.3) is 0 Å². The number of fused-ring (bicyclic) bond motifs is 1. The summed E-state index contributed by atoms with van der Waals surface area (Å²) in [5, 5.41) is 0. The first-order chi connectivity index (χ1) is 9.38. The van der Waals surface area contributed by atoms with Crippen LogP contribution in [0, 0.1) is 0 Å². The van der Waals surface area contributed by atoms with Crippen molar-refractivity contribution in [2.75, 3.05) is 6.61 Å². The van der Waals surface area contributed by atoms with Crippen LogP contribution in [0.15, 0.2) is 54.6 Å². The van der Waals surface area contributed by atoms with E-state index in [2.05, 4.69) is 67.6 Å². The molecule has 0 heterocycles. The average molecular weight is 250 g/mol. The molecule has 0 N–H and O–H groups in total. The molecule has 96 valence electrons. The highest BCUT2D eigenvalue weighted by Crippen LogP contribution is 2.38. The van der Waals surface area contributed by atoms with E-state index >= 15 is 0 Å². The third-order valence-electron chi connectivity index (χ3n) is 3.59. The van der Waals surface area contributed by atoms with Gasteiger partial charge in [0.1, 0.15) is 0 Å². The van der Waals surface area contributed by atoms with Crippen LogP contribution in [-0.2, 0) is 4.74 Å². The SMILES string of the molecule is CCOC1CC(c2ccccc2)=Cc2ccccc21. The molecule has 0 spiro atoms. The van der Waals surface area contributed by atoms with Crippen LogP contribution >= 0.6 is 0 Å².